The Bertz CT molecular complexity index is 746. The topological polar surface area (TPSA) is 151 Å². The molecule has 4 atom stereocenters. The number of hydrogen-bond donors (Lipinski definition) is 5. The number of unbranched alkanes of at least 4 members (excludes halogenated alkanes) is 9. The molecule has 0 aromatic heterocycles. The number of carbonyl (C=O) groups excluding carboxylic acids is 1. The van der Waals surface area contributed by atoms with Crippen LogP contribution in [0.1, 0.15) is 110 Å². The number of allylic oxidation sites excluding steroid dienone is 5. The largest absolute Gasteiger partial charge is 0.472 e. The van der Waals surface area contributed by atoms with Gasteiger partial charge in [-0.05, 0) is 38.5 Å². The van der Waals surface area contributed by atoms with Crippen LogP contribution in [0.5, 0.6) is 0 Å². The molecule has 0 rings (SSSR count). The minimum atomic E-state index is -4.39. The molecule has 6 N–H and O–H groups in total. The molecule has 0 aliphatic rings. The predicted molar refractivity (Wildman–Crippen MR) is 163 cm³/mol. The van der Waals surface area contributed by atoms with Crippen molar-refractivity contribution in [3.8, 4) is 0 Å². The second kappa shape index (κ2) is 26.6. The van der Waals surface area contributed by atoms with Crippen LogP contribution in [0.15, 0.2) is 36.5 Å². The third kappa shape index (κ3) is 24.5. The highest BCUT2D eigenvalue weighted by Crippen LogP contribution is 2.43. The maximum atomic E-state index is 12.6. The van der Waals surface area contributed by atoms with Gasteiger partial charge < -0.3 is 26.2 Å². The Kier molecular flexibility index (Phi) is 25.7. The van der Waals surface area contributed by atoms with E-state index in [-0.39, 0.29) is 19.6 Å². The van der Waals surface area contributed by atoms with E-state index in [0.717, 1.165) is 44.9 Å². The van der Waals surface area contributed by atoms with Crippen LogP contribution in [0.4, 0.5) is 0 Å². The number of nitrogens with one attached hydrogen (secondary N) is 1. The molecule has 234 valence electrons. The van der Waals surface area contributed by atoms with Crippen molar-refractivity contribution >= 4 is 13.7 Å². The Hall–Kier alpha value is -1.32. The summed E-state index contributed by atoms with van der Waals surface area (Å²) in [4.78, 5) is 22.4. The first kappa shape index (κ1) is 38.7. The van der Waals surface area contributed by atoms with Crippen LogP contribution < -0.4 is 11.1 Å². The monoisotopic (exact) mass is 588 g/mol. The Balaban J connectivity index is 4.70. The van der Waals surface area contributed by atoms with Crippen LogP contribution in [0.25, 0.3) is 0 Å². The van der Waals surface area contributed by atoms with Gasteiger partial charge in [0, 0.05) is 6.54 Å². The molecule has 0 fully saturated rings. The lowest BCUT2D eigenvalue weighted by Crippen LogP contribution is -2.46. The van der Waals surface area contributed by atoms with Crippen molar-refractivity contribution in [2.24, 2.45) is 5.73 Å². The smallest absolute Gasteiger partial charge is 0.393 e. The number of rotatable bonds is 27. The van der Waals surface area contributed by atoms with Gasteiger partial charge in [-0.15, -0.1) is 0 Å². The number of hydrogen-bond acceptors (Lipinski definition) is 7. The lowest BCUT2D eigenvalue weighted by Gasteiger charge is -2.24. The molecule has 0 saturated carbocycles. The molecule has 0 saturated heterocycles. The summed E-state index contributed by atoms with van der Waals surface area (Å²) in [5, 5.41) is 23.6. The first-order chi connectivity index (χ1) is 19.3. The fraction of sp³-hybridized carbons (Fsp3) is 0.767. The van der Waals surface area contributed by atoms with Gasteiger partial charge in [0.15, 0.2) is 0 Å². The predicted octanol–water partition coefficient (Wildman–Crippen LogP) is 5.85. The highest BCUT2D eigenvalue weighted by molar-refractivity contribution is 7.47. The van der Waals surface area contributed by atoms with Gasteiger partial charge in [0.1, 0.15) is 0 Å². The van der Waals surface area contributed by atoms with Crippen molar-refractivity contribution < 1.29 is 33.5 Å². The molecular formula is C30H57N2O7P. The lowest BCUT2D eigenvalue weighted by atomic mass is 10.0. The normalized spacial score (nSPS) is 16.1. The number of nitrogens with two attached hydrogens (primary N) is 1. The lowest BCUT2D eigenvalue weighted by molar-refractivity contribution is -0.124. The zero-order valence-corrected chi connectivity index (χ0v) is 25.8. The van der Waals surface area contributed by atoms with Crippen LogP contribution >= 0.6 is 7.82 Å². The van der Waals surface area contributed by atoms with Gasteiger partial charge >= 0.3 is 7.82 Å². The number of carbonyl (C=O) groups is 1. The van der Waals surface area contributed by atoms with Gasteiger partial charge in [-0.3, -0.25) is 13.8 Å². The highest BCUT2D eigenvalue weighted by atomic mass is 31.2. The molecule has 0 aliphatic carbocycles. The summed E-state index contributed by atoms with van der Waals surface area (Å²) in [6, 6.07) is -0.998. The van der Waals surface area contributed by atoms with E-state index in [9.17, 15) is 24.5 Å². The van der Waals surface area contributed by atoms with Crippen LogP contribution in [-0.4, -0.2) is 59.0 Å². The number of aliphatic hydroxyl groups excluding tert-OH is 2. The van der Waals surface area contributed by atoms with Crippen molar-refractivity contribution in [3.63, 3.8) is 0 Å². The molecule has 0 aromatic carbocycles. The molecule has 4 unspecified atom stereocenters. The van der Waals surface area contributed by atoms with Gasteiger partial charge in [-0.25, -0.2) is 4.57 Å². The van der Waals surface area contributed by atoms with E-state index in [1.54, 1.807) is 6.08 Å². The summed E-state index contributed by atoms with van der Waals surface area (Å²) >= 11 is 0. The van der Waals surface area contributed by atoms with Crippen LogP contribution in [0, 0.1) is 0 Å². The molecule has 0 aromatic rings. The average Bonchev–Trinajstić information content (AvgIpc) is 2.92. The number of phosphoric ester groups is 1. The van der Waals surface area contributed by atoms with Gasteiger partial charge in [0.05, 0.1) is 37.9 Å². The second-order valence-corrected chi connectivity index (χ2v) is 11.6. The third-order valence-electron chi connectivity index (χ3n) is 6.26. The van der Waals surface area contributed by atoms with Crippen molar-refractivity contribution in [1.29, 1.82) is 0 Å². The maximum absolute atomic E-state index is 12.6. The minimum Gasteiger partial charge on any atom is -0.393 e. The van der Waals surface area contributed by atoms with Gasteiger partial charge in [0.25, 0.3) is 0 Å². The summed E-state index contributed by atoms with van der Waals surface area (Å²) in [7, 11) is -4.39. The van der Waals surface area contributed by atoms with Crippen LogP contribution in [0.2, 0.25) is 0 Å². The number of aliphatic hydroxyl groups is 2. The summed E-state index contributed by atoms with van der Waals surface area (Å²) in [6.07, 6.45) is 24.0. The first-order valence-corrected chi connectivity index (χ1v) is 16.7. The van der Waals surface area contributed by atoms with Gasteiger partial charge in [0.2, 0.25) is 5.91 Å². The number of phosphoric acid groups is 1. The van der Waals surface area contributed by atoms with E-state index in [1.807, 2.05) is 0 Å². The average molecular weight is 589 g/mol. The Morgan fingerprint density at radius 1 is 0.875 bits per heavy atom. The van der Waals surface area contributed by atoms with E-state index in [1.165, 1.54) is 38.2 Å². The van der Waals surface area contributed by atoms with E-state index in [0.29, 0.717) is 12.8 Å². The molecule has 0 bridgehead atoms. The van der Waals surface area contributed by atoms with E-state index in [4.69, 9.17) is 14.8 Å². The molecule has 0 radical (unpaired) electrons. The molecule has 0 spiro atoms. The second-order valence-electron chi connectivity index (χ2n) is 10.1. The fourth-order valence-corrected chi connectivity index (χ4v) is 4.74. The zero-order valence-electron chi connectivity index (χ0n) is 24.9. The summed E-state index contributed by atoms with van der Waals surface area (Å²) in [5.74, 6) is -0.469. The number of amides is 1. The van der Waals surface area contributed by atoms with Gasteiger partial charge in [-0.2, -0.15) is 0 Å². The Morgan fingerprint density at radius 2 is 1.45 bits per heavy atom. The molecule has 0 heterocycles. The standard InChI is InChI=1S/C30H57N2O7P/c1-3-5-7-9-11-13-14-16-18-20-22-29(34)28(26-39-40(36,37)38-24-23-31)32-30(35)25-27(33)21-19-17-15-12-10-8-6-4-2/h5,7,13-14,20,22,27-29,33-34H,3-4,6,8-12,15-19,21,23-26,31H2,1-2H3,(H,32,35)(H,36,37)/b7-5+,14-13+,22-20+. The molecule has 1 amide bonds. The van der Waals surface area contributed by atoms with Crippen molar-refractivity contribution in [3.05, 3.63) is 36.5 Å². The molecule has 10 heteroatoms. The van der Waals surface area contributed by atoms with Crippen molar-refractivity contribution in [1.82, 2.24) is 5.32 Å². The maximum Gasteiger partial charge on any atom is 0.472 e. The zero-order chi connectivity index (χ0) is 29.9. The van der Waals surface area contributed by atoms with Crippen LogP contribution in [-0.2, 0) is 18.4 Å². The van der Waals surface area contributed by atoms with E-state index in [2.05, 4.69) is 43.5 Å². The molecular weight excluding hydrogens is 531 g/mol. The van der Waals surface area contributed by atoms with Crippen molar-refractivity contribution in [2.45, 2.75) is 128 Å². The third-order valence-corrected chi connectivity index (χ3v) is 7.25. The van der Waals surface area contributed by atoms with E-state index >= 15 is 0 Å². The Morgan fingerprint density at radius 3 is 2.05 bits per heavy atom. The van der Waals surface area contributed by atoms with Crippen LogP contribution in [0.3, 0.4) is 0 Å². The summed E-state index contributed by atoms with van der Waals surface area (Å²) in [5.41, 5.74) is 5.30. The minimum absolute atomic E-state index is 0.0417. The first-order valence-electron chi connectivity index (χ1n) is 15.2. The summed E-state index contributed by atoms with van der Waals surface area (Å²) in [6.45, 7) is 3.73. The quantitative estimate of drug-likeness (QED) is 0.0456. The fourth-order valence-electron chi connectivity index (χ4n) is 3.98. The molecule has 0 aliphatic heterocycles. The van der Waals surface area contributed by atoms with Gasteiger partial charge in [-0.1, -0.05) is 102 Å². The van der Waals surface area contributed by atoms with E-state index < -0.39 is 38.6 Å². The SMILES string of the molecule is CC/C=C/CC/C=C/CC/C=C/C(O)C(COP(=O)(O)OCCN)NC(=O)CC(O)CCCCCCCCCC. The van der Waals surface area contributed by atoms with Crippen molar-refractivity contribution in [2.75, 3.05) is 19.8 Å². The molecule has 9 nitrogen and oxygen atoms in total. The Labute approximate surface area is 242 Å². The summed E-state index contributed by atoms with van der Waals surface area (Å²) < 4.78 is 21.8. The molecule has 40 heavy (non-hydrogen) atoms. The highest BCUT2D eigenvalue weighted by Gasteiger charge is 2.27.